The Labute approximate surface area is 238 Å². The molecule has 41 heavy (non-hydrogen) atoms. The third-order valence-electron chi connectivity index (χ3n) is 9.75. The Kier molecular flexibility index (Phi) is 7.24. The fourth-order valence-electron chi connectivity index (χ4n) is 7.85. The van der Waals surface area contributed by atoms with Crippen molar-refractivity contribution in [2.24, 2.45) is 22.7 Å². The van der Waals surface area contributed by atoms with E-state index in [0.717, 1.165) is 0 Å². The van der Waals surface area contributed by atoms with Crippen molar-refractivity contribution in [2.45, 2.75) is 85.0 Å². The zero-order chi connectivity index (χ0) is 29.7. The van der Waals surface area contributed by atoms with Crippen molar-refractivity contribution in [3.63, 3.8) is 0 Å². The van der Waals surface area contributed by atoms with Crippen molar-refractivity contribution in [1.82, 2.24) is 4.98 Å². The fraction of sp³-hybridized carbons (Fsp3) is 0.581. The lowest BCUT2D eigenvalue weighted by molar-refractivity contribution is -0.251. The minimum atomic E-state index is -0.972. The normalized spacial score (nSPS) is 33.7. The number of hydrogen-bond donors (Lipinski definition) is 0. The molecule has 1 aliphatic heterocycles. The van der Waals surface area contributed by atoms with Gasteiger partial charge in [-0.25, -0.2) is 4.79 Å². The van der Waals surface area contributed by atoms with Gasteiger partial charge in [0.25, 0.3) is 0 Å². The van der Waals surface area contributed by atoms with Crippen LogP contribution in [-0.4, -0.2) is 47.3 Å². The average Bonchev–Trinajstić information content (AvgIpc) is 2.90. The highest BCUT2D eigenvalue weighted by molar-refractivity contribution is 5.67. The molecule has 0 amide bonds. The van der Waals surface area contributed by atoms with Crippen molar-refractivity contribution < 1.29 is 37.7 Å². The minimum Gasteiger partial charge on any atom is -0.483 e. The molecule has 0 bridgehead atoms. The van der Waals surface area contributed by atoms with Crippen LogP contribution in [0.3, 0.4) is 0 Å². The van der Waals surface area contributed by atoms with Gasteiger partial charge in [-0.1, -0.05) is 13.8 Å². The predicted octanol–water partition coefficient (Wildman–Crippen LogP) is 4.26. The number of aromatic nitrogens is 1. The second-order valence-corrected chi connectivity index (χ2v) is 12.3. The first-order chi connectivity index (χ1) is 19.3. The topological polar surface area (TPSA) is 131 Å². The molecule has 0 radical (unpaired) electrons. The Bertz CT molecular complexity index is 1420. The van der Waals surface area contributed by atoms with Gasteiger partial charge in [-0.2, -0.15) is 0 Å². The summed E-state index contributed by atoms with van der Waals surface area (Å²) >= 11 is 0. The van der Waals surface area contributed by atoms with Crippen molar-refractivity contribution >= 4 is 17.9 Å². The molecule has 0 spiro atoms. The third-order valence-corrected chi connectivity index (χ3v) is 9.75. The van der Waals surface area contributed by atoms with Crippen molar-refractivity contribution in [3.8, 4) is 17.1 Å². The van der Waals surface area contributed by atoms with Gasteiger partial charge in [0, 0.05) is 56.1 Å². The van der Waals surface area contributed by atoms with E-state index in [-0.39, 0.29) is 18.4 Å². The lowest BCUT2D eigenvalue weighted by Gasteiger charge is -2.65. The van der Waals surface area contributed by atoms with Gasteiger partial charge < -0.3 is 23.4 Å². The molecule has 2 saturated carbocycles. The number of carbonyl (C=O) groups is 3. The highest BCUT2D eigenvalue weighted by Gasteiger charge is 2.68. The smallest absolute Gasteiger partial charge is 0.343 e. The zero-order valence-corrected chi connectivity index (χ0v) is 24.4. The summed E-state index contributed by atoms with van der Waals surface area (Å²) in [5.41, 5.74) is -1.63. The number of hydrogen-bond acceptors (Lipinski definition) is 10. The molecule has 3 aliphatic rings. The molecule has 10 nitrogen and oxygen atoms in total. The number of fused-ring (bicyclic) bond motifs is 4. The maximum atomic E-state index is 13.4. The second kappa shape index (κ2) is 10.3. The van der Waals surface area contributed by atoms with Crippen LogP contribution >= 0.6 is 0 Å². The fourth-order valence-corrected chi connectivity index (χ4v) is 7.85. The quantitative estimate of drug-likeness (QED) is 0.381. The van der Waals surface area contributed by atoms with Crippen LogP contribution in [0.2, 0.25) is 0 Å². The van der Waals surface area contributed by atoms with Crippen LogP contribution in [0.25, 0.3) is 11.3 Å². The molecule has 5 rings (SSSR count). The lowest BCUT2D eigenvalue weighted by Crippen LogP contribution is -2.70. The molecular formula is C31H37NO9. The van der Waals surface area contributed by atoms with Crippen LogP contribution in [-0.2, 0) is 35.0 Å². The SMILES string of the molecule is CC(=O)OC[C@]1(C)[C@@H](OC(C)=O)CC[C@]2(C)C3Cc4c(cc(-c5cccnc5)oc4=O)O[C@]3(C)[C@@H](OC(C)=O)C[C@@H]12. The first kappa shape index (κ1) is 28.8. The summed E-state index contributed by atoms with van der Waals surface area (Å²) in [6.07, 6.45) is 3.99. The standard InChI is InChI=1S/C31H37NO9/c1-17(33)37-16-30(5)24-14-27(39-19(3)35)31(6)25(29(24,4)10-9-26(30)38-18(2)34)12-21-23(41-31)13-22(40-28(21)36)20-8-7-11-32-15-20/h7-8,11,13,15,24-27H,9-10,12,14,16H2,1-6H3/t24-,25?,26+,27+,29+,30+,31+/m1/s1. The van der Waals surface area contributed by atoms with Gasteiger partial charge >= 0.3 is 23.5 Å². The summed E-state index contributed by atoms with van der Waals surface area (Å²) in [6.45, 7) is 10.2. The maximum Gasteiger partial charge on any atom is 0.343 e. The molecule has 0 N–H and O–H groups in total. The van der Waals surface area contributed by atoms with Gasteiger partial charge in [-0.15, -0.1) is 0 Å². The van der Waals surface area contributed by atoms with Gasteiger partial charge in [0.05, 0.1) is 5.56 Å². The highest BCUT2D eigenvalue weighted by atomic mass is 16.6. The summed E-state index contributed by atoms with van der Waals surface area (Å²) in [6, 6.07) is 5.26. The molecule has 1 unspecified atom stereocenters. The first-order valence-electron chi connectivity index (χ1n) is 14.0. The van der Waals surface area contributed by atoms with Crippen LogP contribution in [0.15, 0.2) is 39.8 Å². The number of pyridine rings is 1. The van der Waals surface area contributed by atoms with E-state index in [0.29, 0.717) is 48.3 Å². The predicted molar refractivity (Wildman–Crippen MR) is 146 cm³/mol. The Morgan fingerprint density at radius 1 is 1.02 bits per heavy atom. The Morgan fingerprint density at radius 3 is 2.37 bits per heavy atom. The summed E-state index contributed by atoms with van der Waals surface area (Å²) < 4.78 is 29.8. The molecular weight excluding hydrogens is 530 g/mol. The van der Waals surface area contributed by atoms with Gasteiger partial charge in [-0.3, -0.25) is 19.4 Å². The van der Waals surface area contributed by atoms with Crippen LogP contribution < -0.4 is 10.4 Å². The molecule has 7 atom stereocenters. The van der Waals surface area contributed by atoms with Crippen molar-refractivity contribution in [3.05, 3.63) is 46.6 Å². The number of carbonyl (C=O) groups excluding carboxylic acids is 3. The largest absolute Gasteiger partial charge is 0.483 e. The summed E-state index contributed by atoms with van der Waals surface area (Å²) in [5.74, 6) is -1.05. The number of esters is 3. The van der Waals surface area contributed by atoms with E-state index in [1.54, 1.807) is 30.6 Å². The van der Waals surface area contributed by atoms with Crippen molar-refractivity contribution in [1.29, 1.82) is 0 Å². The Balaban J connectivity index is 1.62. The Morgan fingerprint density at radius 2 is 1.73 bits per heavy atom. The highest BCUT2D eigenvalue weighted by Crippen LogP contribution is 2.65. The van der Waals surface area contributed by atoms with Crippen LogP contribution in [0.5, 0.6) is 5.75 Å². The third kappa shape index (κ3) is 4.91. The second-order valence-electron chi connectivity index (χ2n) is 12.3. The van der Waals surface area contributed by atoms with E-state index in [9.17, 15) is 19.2 Å². The van der Waals surface area contributed by atoms with Crippen LogP contribution in [0, 0.1) is 22.7 Å². The monoisotopic (exact) mass is 567 g/mol. The average molecular weight is 568 g/mol. The molecule has 0 saturated heterocycles. The Hall–Kier alpha value is -3.69. The lowest BCUT2D eigenvalue weighted by atomic mass is 9.43. The van der Waals surface area contributed by atoms with E-state index in [1.165, 1.54) is 20.8 Å². The number of rotatable bonds is 5. The van der Waals surface area contributed by atoms with E-state index in [2.05, 4.69) is 11.9 Å². The van der Waals surface area contributed by atoms with Crippen LogP contribution in [0.1, 0.15) is 66.4 Å². The van der Waals surface area contributed by atoms with Gasteiger partial charge in [-0.05, 0) is 56.1 Å². The van der Waals surface area contributed by atoms with Gasteiger partial charge in [0.15, 0.2) is 0 Å². The maximum absolute atomic E-state index is 13.4. The van der Waals surface area contributed by atoms with Crippen LogP contribution in [0.4, 0.5) is 0 Å². The molecule has 2 aromatic heterocycles. The minimum absolute atomic E-state index is 0.0326. The first-order valence-corrected chi connectivity index (χ1v) is 14.0. The zero-order valence-electron chi connectivity index (χ0n) is 24.4. The number of ether oxygens (including phenoxy) is 4. The molecule has 2 aromatic rings. The van der Waals surface area contributed by atoms with E-state index >= 15 is 0 Å². The summed E-state index contributed by atoms with van der Waals surface area (Å²) in [4.78, 5) is 53.9. The van der Waals surface area contributed by atoms with E-state index < -0.39 is 52.2 Å². The molecule has 2 fully saturated rings. The van der Waals surface area contributed by atoms with Gasteiger partial charge in [0.2, 0.25) is 0 Å². The van der Waals surface area contributed by atoms with Crippen molar-refractivity contribution in [2.75, 3.05) is 6.61 Å². The summed E-state index contributed by atoms with van der Waals surface area (Å²) in [7, 11) is 0. The van der Waals surface area contributed by atoms with E-state index in [4.69, 9.17) is 23.4 Å². The molecule has 220 valence electrons. The molecule has 3 heterocycles. The van der Waals surface area contributed by atoms with Gasteiger partial charge in [0.1, 0.15) is 35.9 Å². The molecule has 0 aromatic carbocycles. The molecule has 2 aliphatic carbocycles. The van der Waals surface area contributed by atoms with E-state index in [1.807, 2.05) is 13.8 Å². The summed E-state index contributed by atoms with van der Waals surface area (Å²) in [5, 5.41) is 0. The molecule has 10 heteroatoms. The number of nitrogens with zero attached hydrogens (tertiary/aromatic N) is 1.